The zero-order chi connectivity index (χ0) is 19.8. The molecule has 0 fully saturated rings. The zero-order valence-corrected chi connectivity index (χ0v) is 16.0. The molecule has 6 nitrogen and oxygen atoms in total. The molecule has 1 N–H and O–H groups in total. The fourth-order valence-corrected chi connectivity index (χ4v) is 3.58. The molecule has 144 valence electrons. The van der Waals surface area contributed by atoms with Gasteiger partial charge in [0.25, 0.3) is 0 Å². The SMILES string of the molecule is COc1ccc(C2CC(=O)Nc3c2ncn3-c2ccc(F)c(Cl)c2)c(OC)c1. The normalized spacial score (nSPS) is 15.7. The van der Waals surface area contributed by atoms with Gasteiger partial charge in [0.05, 0.1) is 30.6 Å². The number of nitrogens with one attached hydrogen (secondary N) is 1. The Morgan fingerprint density at radius 1 is 1.21 bits per heavy atom. The first-order valence-electron chi connectivity index (χ1n) is 8.56. The molecule has 2 heterocycles. The molecule has 1 aliphatic heterocycles. The molecule has 1 aromatic heterocycles. The van der Waals surface area contributed by atoms with E-state index in [1.54, 1.807) is 37.2 Å². The Balaban J connectivity index is 1.82. The van der Waals surface area contributed by atoms with Gasteiger partial charge in [-0.25, -0.2) is 9.37 Å². The third-order valence-corrected chi connectivity index (χ3v) is 5.06. The number of carbonyl (C=O) groups is 1. The molecular weight excluding hydrogens is 385 g/mol. The summed E-state index contributed by atoms with van der Waals surface area (Å²) < 4.78 is 26.0. The number of anilines is 1. The van der Waals surface area contributed by atoms with E-state index in [1.807, 2.05) is 12.1 Å². The Bertz CT molecular complexity index is 1070. The van der Waals surface area contributed by atoms with Crippen molar-refractivity contribution in [1.82, 2.24) is 9.55 Å². The predicted octanol–water partition coefficient (Wildman–Crippen LogP) is 4.16. The molecule has 1 atom stereocenters. The number of nitrogens with zero attached hydrogens (tertiary/aromatic N) is 2. The number of ether oxygens (including phenoxy) is 2. The van der Waals surface area contributed by atoms with Crippen LogP contribution in [0.25, 0.3) is 5.69 Å². The second-order valence-corrected chi connectivity index (χ2v) is 6.77. The fourth-order valence-electron chi connectivity index (χ4n) is 3.40. The summed E-state index contributed by atoms with van der Waals surface area (Å²) in [6.07, 6.45) is 1.82. The van der Waals surface area contributed by atoms with Crippen molar-refractivity contribution in [2.75, 3.05) is 19.5 Å². The first-order chi connectivity index (χ1) is 13.5. The van der Waals surface area contributed by atoms with Gasteiger partial charge in [-0.15, -0.1) is 0 Å². The lowest BCUT2D eigenvalue weighted by atomic mass is 9.89. The van der Waals surface area contributed by atoms with E-state index < -0.39 is 5.82 Å². The number of aromatic nitrogens is 2. The number of fused-ring (bicyclic) bond motifs is 1. The average Bonchev–Trinajstić information content (AvgIpc) is 3.12. The lowest BCUT2D eigenvalue weighted by molar-refractivity contribution is -0.116. The maximum Gasteiger partial charge on any atom is 0.226 e. The molecular formula is C20H17ClFN3O3. The van der Waals surface area contributed by atoms with Crippen molar-refractivity contribution in [3.63, 3.8) is 0 Å². The summed E-state index contributed by atoms with van der Waals surface area (Å²) in [7, 11) is 3.15. The topological polar surface area (TPSA) is 65.4 Å². The van der Waals surface area contributed by atoms with E-state index in [1.165, 1.54) is 12.1 Å². The lowest BCUT2D eigenvalue weighted by Crippen LogP contribution is -2.25. The number of carbonyl (C=O) groups excluding carboxylic acids is 1. The van der Waals surface area contributed by atoms with Gasteiger partial charge in [-0.2, -0.15) is 0 Å². The molecule has 0 bridgehead atoms. The molecule has 4 rings (SSSR count). The molecule has 0 saturated carbocycles. The molecule has 1 unspecified atom stereocenters. The van der Waals surface area contributed by atoms with E-state index in [-0.39, 0.29) is 23.3 Å². The molecule has 1 amide bonds. The van der Waals surface area contributed by atoms with Gasteiger partial charge in [-0.05, 0) is 24.3 Å². The van der Waals surface area contributed by atoms with Crippen LogP contribution in [0.4, 0.5) is 10.2 Å². The number of methoxy groups -OCH3 is 2. The first-order valence-corrected chi connectivity index (χ1v) is 8.94. The standard InChI is InChI=1S/C20H17ClFN3O3/c1-27-12-4-5-13(17(8-12)28-2)14-9-18(26)24-20-19(14)23-10-25(20)11-3-6-16(22)15(21)7-11/h3-8,10,14H,9H2,1-2H3,(H,24,26). The Kier molecular flexibility index (Phi) is 4.68. The van der Waals surface area contributed by atoms with Crippen LogP contribution in [-0.2, 0) is 4.79 Å². The van der Waals surface area contributed by atoms with Crippen molar-refractivity contribution in [2.45, 2.75) is 12.3 Å². The van der Waals surface area contributed by atoms with Crippen molar-refractivity contribution in [1.29, 1.82) is 0 Å². The van der Waals surface area contributed by atoms with E-state index in [0.29, 0.717) is 28.7 Å². The minimum Gasteiger partial charge on any atom is -0.497 e. The quantitative estimate of drug-likeness (QED) is 0.713. The number of benzene rings is 2. The second-order valence-electron chi connectivity index (χ2n) is 6.36. The van der Waals surface area contributed by atoms with Crippen molar-refractivity contribution < 1.29 is 18.7 Å². The number of amides is 1. The number of hydrogen-bond donors (Lipinski definition) is 1. The van der Waals surface area contributed by atoms with Gasteiger partial charge in [0, 0.05) is 24.0 Å². The summed E-state index contributed by atoms with van der Waals surface area (Å²) >= 11 is 5.91. The Labute approximate surface area is 165 Å². The Morgan fingerprint density at radius 3 is 2.75 bits per heavy atom. The summed E-state index contributed by atoms with van der Waals surface area (Å²) in [5.41, 5.74) is 2.13. The van der Waals surface area contributed by atoms with Crippen LogP contribution in [-0.4, -0.2) is 29.7 Å². The summed E-state index contributed by atoms with van der Waals surface area (Å²) in [5, 5.41) is 2.86. The van der Waals surface area contributed by atoms with E-state index >= 15 is 0 Å². The van der Waals surface area contributed by atoms with Crippen molar-refractivity contribution in [3.05, 3.63) is 64.8 Å². The fraction of sp³-hybridized carbons (Fsp3) is 0.200. The molecule has 3 aromatic rings. The highest BCUT2D eigenvalue weighted by Crippen LogP contribution is 2.42. The van der Waals surface area contributed by atoms with E-state index in [2.05, 4.69) is 10.3 Å². The van der Waals surface area contributed by atoms with Crippen LogP contribution in [0.3, 0.4) is 0 Å². The largest absolute Gasteiger partial charge is 0.497 e. The van der Waals surface area contributed by atoms with E-state index in [4.69, 9.17) is 21.1 Å². The van der Waals surface area contributed by atoms with Gasteiger partial charge in [0.1, 0.15) is 29.5 Å². The lowest BCUT2D eigenvalue weighted by Gasteiger charge is -2.25. The van der Waals surface area contributed by atoms with Crippen LogP contribution in [0.2, 0.25) is 5.02 Å². The molecule has 1 aliphatic rings. The third kappa shape index (κ3) is 3.07. The third-order valence-electron chi connectivity index (χ3n) is 4.77. The summed E-state index contributed by atoms with van der Waals surface area (Å²) in [5.74, 6) is 0.857. The minimum absolute atomic E-state index is 0.00420. The van der Waals surface area contributed by atoms with Crippen LogP contribution in [0.5, 0.6) is 11.5 Å². The predicted molar refractivity (Wildman–Crippen MR) is 103 cm³/mol. The average molecular weight is 402 g/mol. The van der Waals surface area contributed by atoms with Crippen molar-refractivity contribution in [3.8, 4) is 17.2 Å². The Morgan fingerprint density at radius 2 is 2.04 bits per heavy atom. The number of hydrogen-bond acceptors (Lipinski definition) is 4. The van der Waals surface area contributed by atoms with Gasteiger partial charge < -0.3 is 14.8 Å². The van der Waals surface area contributed by atoms with Gasteiger partial charge >= 0.3 is 0 Å². The number of halogens is 2. The molecule has 0 saturated heterocycles. The maximum absolute atomic E-state index is 13.5. The first kappa shape index (κ1) is 18.3. The summed E-state index contributed by atoms with van der Waals surface area (Å²) in [4.78, 5) is 17.0. The van der Waals surface area contributed by atoms with E-state index in [9.17, 15) is 9.18 Å². The zero-order valence-electron chi connectivity index (χ0n) is 15.2. The van der Waals surface area contributed by atoms with Gasteiger partial charge in [-0.3, -0.25) is 9.36 Å². The van der Waals surface area contributed by atoms with Crippen LogP contribution in [0, 0.1) is 5.82 Å². The van der Waals surface area contributed by atoms with Crippen LogP contribution < -0.4 is 14.8 Å². The summed E-state index contributed by atoms with van der Waals surface area (Å²) in [6.45, 7) is 0. The molecule has 0 aliphatic carbocycles. The molecule has 0 radical (unpaired) electrons. The number of rotatable bonds is 4. The maximum atomic E-state index is 13.5. The highest BCUT2D eigenvalue weighted by molar-refractivity contribution is 6.30. The molecule has 28 heavy (non-hydrogen) atoms. The number of imidazole rings is 1. The monoisotopic (exact) mass is 401 g/mol. The van der Waals surface area contributed by atoms with Crippen LogP contribution >= 0.6 is 11.6 Å². The van der Waals surface area contributed by atoms with Crippen molar-refractivity contribution >= 4 is 23.3 Å². The highest BCUT2D eigenvalue weighted by atomic mass is 35.5. The summed E-state index contributed by atoms with van der Waals surface area (Å²) in [6, 6.07) is 9.81. The molecule has 2 aromatic carbocycles. The van der Waals surface area contributed by atoms with E-state index in [0.717, 1.165) is 5.56 Å². The highest BCUT2D eigenvalue weighted by Gasteiger charge is 2.33. The smallest absolute Gasteiger partial charge is 0.226 e. The second kappa shape index (κ2) is 7.16. The molecule has 8 heteroatoms. The minimum atomic E-state index is -0.510. The van der Waals surface area contributed by atoms with Crippen LogP contribution in [0.1, 0.15) is 23.6 Å². The van der Waals surface area contributed by atoms with Gasteiger partial charge in [-0.1, -0.05) is 17.7 Å². The van der Waals surface area contributed by atoms with Gasteiger partial charge in [0.15, 0.2) is 0 Å². The Hall–Kier alpha value is -3.06. The van der Waals surface area contributed by atoms with Crippen LogP contribution in [0.15, 0.2) is 42.7 Å². The molecule has 0 spiro atoms. The van der Waals surface area contributed by atoms with Crippen molar-refractivity contribution in [2.24, 2.45) is 0 Å². The van der Waals surface area contributed by atoms with Gasteiger partial charge in [0.2, 0.25) is 5.91 Å².